The molecule has 7 nitrogen and oxygen atoms in total. The fraction of sp³-hybridized carbons (Fsp3) is 0.286. The normalized spacial score (nSPS) is 10.4. The van der Waals surface area contributed by atoms with Gasteiger partial charge in [-0.05, 0) is 33.6 Å². The SMILES string of the molecule is COc1cc(Cn2cc(Br)c(=O)[nH]c2=O)cc(OC)c1OC. The molecule has 1 N–H and O–H groups in total. The highest BCUT2D eigenvalue weighted by atomic mass is 79.9. The van der Waals surface area contributed by atoms with E-state index in [1.807, 2.05) is 0 Å². The number of rotatable bonds is 5. The molecule has 0 radical (unpaired) electrons. The molecular formula is C14H15BrN2O5. The van der Waals surface area contributed by atoms with Crippen LogP contribution in [0.1, 0.15) is 5.56 Å². The molecule has 2 aromatic rings. The Hall–Kier alpha value is -2.22. The van der Waals surface area contributed by atoms with Gasteiger partial charge in [0.15, 0.2) is 11.5 Å². The van der Waals surface area contributed by atoms with Gasteiger partial charge in [0.25, 0.3) is 5.56 Å². The third kappa shape index (κ3) is 3.16. The van der Waals surface area contributed by atoms with Gasteiger partial charge < -0.3 is 14.2 Å². The van der Waals surface area contributed by atoms with E-state index >= 15 is 0 Å². The molecule has 1 aromatic heterocycles. The molecule has 0 saturated carbocycles. The van der Waals surface area contributed by atoms with E-state index in [2.05, 4.69) is 20.9 Å². The summed E-state index contributed by atoms with van der Waals surface area (Å²) in [6.45, 7) is 0.241. The fourth-order valence-corrected chi connectivity index (χ4v) is 2.37. The Balaban J connectivity index is 2.48. The topological polar surface area (TPSA) is 82.6 Å². The minimum absolute atomic E-state index is 0.241. The molecular weight excluding hydrogens is 356 g/mol. The molecule has 1 aromatic carbocycles. The predicted octanol–water partition coefficient (Wildman–Crippen LogP) is 1.37. The van der Waals surface area contributed by atoms with Gasteiger partial charge >= 0.3 is 5.69 Å². The number of hydrogen-bond acceptors (Lipinski definition) is 5. The maximum Gasteiger partial charge on any atom is 0.328 e. The summed E-state index contributed by atoms with van der Waals surface area (Å²) >= 11 is 3.10. The highest BCUT2D eigenvalue weighted by Gasteiger charge is 2.14. The monoisotopic (exact) mass is 370 g/mol. The van der Waals surface area contributed by atoms with E-state index in [-0.39, 0.29) is 11.0 Å². The van der Waals surface area contributed by atoms with Gasteiger partial charge in [-0.15, -0.1) is 0 Å². The lowest BCUT2D eigenvalue weighted by Gasteiger charge is -2.14. The number of nitrogens with zero attached hydrogens (tertiary/aromatic N) is 1. The first kappa shape index (κ1) is 16.2. The number of H-pyrrole nitrogens is 1. The molecule has 118 valence electrons. The van der Waals surface area contributed by atoms with Crippen LogP contribution in [0.2, 0.25) is 0 Å². The van der Waals surface area contributed by atoms with Crippen LogP contribution in [0, 0.1) is 0 Å². The van der Waals surface area contributed by atoms with E-state index in [1.165, 1.54) is 32.1 Å². The summed E-state index contributed by atoms with van der Waals surface area (Å²) in [7, 11) is 4.55. The second kappa shape index (κ2) is 6.69. The second-order valence-electron chi connectivity index (χ2n) is 4.40. The van der Waals surface area contributed by atoms with Crippen molar-refractivity contribution in [3.05, 3.63) is 49.2 Å². The lowest BCUT2D eigenvalue weighted by atomic mass is 10.1. The number of methoxy groups -OCH3 is 3. The number of benzene rings is 1. The molecule has 1 heterocycles. The predicted molar refractivity (Wildman–Crippen MR) is 84.2 cm³/mol. The molecule has 0 aliphatic rings. The van der Waals surface area contributed by atoms with Crippen LogP contribution in [-0.2, 0) is 6.54 Å². The van der Waals surface area contributed by atoms with E-state index in [0.717, 1.165) is 5.56 Å². The van der Waals surface area contributed by atoms with Crippen molar-refractivity contribution in [3.8, 4) is 17.2 Å². The summed E-state index contributed by atoms with van der Waals surface area (Å²) in [4.78, 5) is 25.4. The molecule has 0 fully saturated rings. The molecule has 0 saturated heterocycles. The molecule has 0 atom stereocenters. The van der Waals surface area contributed by atoms with Gasteiger partial charge in [0.2, 0.25) is 5.75 Å². The average Bonchev–Trinajstić information content (AvgIpc) is 2.51. The number of halogens is 1. The molecule has 0 unspecified atom stereocenters. The van der Waals surface area contributed by atoms with E-state index in [0.29, 0.717) is 17.2 Å². The highest BCUT2D eigenvalue weighted by Crippen LogP contribution is 2.38. The van der Waals surface area contributed by atoms with Crippen LogP contribution in [0.5, 0.6) is 17.2 Å². The van der Waals surface area contributed by atoms with Crippen molar-refractivity contribution < 1.29 is 14.2 Å². The third-order valence-corrected chi connectivity index (χ3v) is 3.61. The van der Waals surface area contributed by atoms with Crippen molar-refractivity contribution in [1.29, 1.82) is 0 Å². The lowest BCUT2D eigenvalue weighted by Crippen LogP contribution is -2.30. The van der Waals surface area contributed by atoms with Crippen LogP contribution in [0.3, 0.4) is 0 Å². The molecule has 0 spiro atoms. The molecule has 0 aliphatic heterocycles. The van der Waals surface area contributed by atoms with Crippen molar-refractivity contribution in [2.75, 3.05) is 21.3 Å². The second-order valence-corrected chi connectivity index (χ2v) is 5.25. The summed E-state index contributed by atoms with van der Waals surface area (Å²) in [6, 6.07) is 3.49. The molecule has 0 bridgehead atoms. The van der Waals surface area contributed by atoms with Crippen molar-refractivity contribution >= 4 is 15.9 Å². The molecule has 2 rings (SSSR count). The molecule has 0 aliphatic carbocycles. The first-order chi connectivity index (χ1) is 10.5. The largest absolute Gasteiger partial charge is 0.493 e. The summed E-state index contributed by atoms with van der Waals surface area (Å²) in [5, 5.41) is 0. The number of hydrogen-bond donors (Lipinski definition) is 1. The Bertz CT molecular complexity index is 772. The first-order valence-corrected chi connectivity index (χ1v) is 7.07. The maximum absolute atomic E-state index is 11.8. The zero-order valence-corrected chi connectivity index (χ0v) is 13.9. The maximum atomic E-state index is 11.8. The third-order valence-electron chi connectivity index (χ3n) is 3.04. The summed E-state index contributed by atoms with van der Waals surface area (Å²) in [5.74, 6) is 1.46. The molecule has 8 heteroatoms. The van der Waals surface area contributed by atoms with Gasteiger partial charge in [0.05, 0.1) is 32.3 Å². The summed E-state index contributed by atoms with van der Waals surface area (Å²) in [6.07, 6.45) is 1.43. The van der Waals surface area contributed by atoms with Crippen LogP contribution in [0.4, 0.5) is 0 Å². The molecule has 22 heavy (non-hydrogen) atoms. The van der Waals surface area contributed by atoms with Gasteiger partial charge in [0.1, 0.15) is 0 Å². The Morgan fingerprint density at radius 2 is 1.68 bits per heavy atom. The van der Waals surface area contributed by atoms with E-state index in [9.17, 15) is 9.59 Å². The first-order valence-electron chi connectivity index (χ1n) is 6.28. The van der Waals surface area contributed by atoms with Gasteiger partial charge in [-0.3, -0.25) is 14.3 Å². The molecule has 0 amide bonds. The fourth-order valence-electron chi connectivity index (χ4n) is 2.02. The van der Waals surface area contributed by atoms with Gasteiger partial charge in [-0.2, -0.15) is 0 Å². The number of nitrogens with one attached hydrogen (secondary N) is 1. The zero-order chi connectivity index (χ0) is 16.3. The lowest BCUT2D eigenvalue weighted by molar-refractivity contribution is 0.323. The zero-order valence-electron chi connectivity index (χ0n) is 12.3. The van der Waals surface area contributed by atoms with Crippen molar-refractivity contribution in [3.63, 3.8) is 0 Å². The van der Waals surface area contributed by atoms with Crippen LogP contribution in [0.15, 0.2) is 32.4 Å². The Morgan fingerprint density at radius 3 is 2.18 bits per heavy atom. The van der Waals surface area contributed by atoms with Crippen LogP contribution in [0.25, 0.3) is 0 Å². The number of aromatic amines is 1. The number of ether oxygens (including phenoxy) is 3. The standard InChI is InChI=1S/C14H15BrN2O5/c1-20-10-4-8(5-11(21-2)12(10)22-3)6-17-7-9(15)13(18)16-14(17)19/h4-5,7H,6H2,1-3H3,(H,16,18,19). The summed E-state index contributed by atoms with van der Waals surface area (Å²) < 4.78 is 17.4. The van der Waals surface area contributed by atoms with E-state index < -0.39 is 11.2 Å². The average molecular weight is 371 g/mol. The van der Waals surface area contributed by atoms with Crippen molar-refractivity contribution in [1.82, 2.24) is 9.55 Å². The van der Waals surface area contributed by atoms with Gasteiger partial charge in [-0.1, -0.05) is 0 Å². The summed E-state index contributed by atoms with van der Waals surface area (Å²) in [5.41, 5.74) is -0.205. The Morgan fingerprint density at radius 1 is 1.09 bits per heavy atom. The van der Waals surface area contributed by atoms with Gasteiger partial charge in [0, 0.05) is 6.20 Å². The Labute approximate surface area is 134 Å². The highest BCUT2D eigenvalue weighted by molar-refractivity contribution is 9.10. The van der Waals surface area contributed by atoms with Crippen molar-refractivity contribution in [2.24, 2.45) is 0 Å². The van der Waals surface area contributed by atoms with Crippen LogP contribution in [-0.4, -0.2) is 30.9 Å². The quantitative estimate of drug-likeness (QED) is 0.859. The van der Waals surface area contributed by atoms with Crippen LogP contribution >= 0.6 is 15.9 Å². The Kier molecular flexibility index (Phi) is 4.92. The van der Waals surface area contributed by atoms with E-state index in [1.54, 1.807) is 12.1 Å². The minimum atomic E-state index is -0.498. The van der Waals surface area contributed by atoms with Crippen LogP contribution < -0.4 is 25.5 Å². The minimum Gasteiger partial charge on any atom is -0.493 e. The smallest absolute Gasteiger partial charge is 0.328 e. The van der Waals surface area contributed by atoms with E-state index in [4.69, 9.17) is 14.2 Å². The number of aromatic nitrogens is 2. The van der Waals surface area contributed by atoms with Crippen molar-refractivity contribution in [2.45, 2.75) is 6.54 Å². The van der Waals surface area contributed by atoms with Gasteiger partial charge in [-0.25, -0.2) is 4.79 Å².